The van der Waals surface area contributed by atoms with Gasteiger partial charge in [-0.05, 0) is 52.0 Å². The van der Waals surface area contributed by atoms with E-state index in [4.69, 9.17) is 4.74 Å². The van der Waals surface area contributed by atoms with Gasteiger partial charge in [0.1, 0.15) is 11.9 Å². The Morgan fingerprint density at radius 2 is 1.97 bits per heavy atom. The van der Waals surface area contributed by atoms with Crippen LogP contribution in [0.5, 0.6) is 11.6 Å². The first-order valence-electron chi connectivity index (χ1n) is 10.6. The number of aryl methyl sites for hydroxylation is 1. The molecule has 1 aromatic carbocycles. The van der Waals surface area contributed by atoms with Gasteiger partial charge in [-0.25, -0.2) is 4.68 Å². The van der Waals surface area contributed by atoms with Crippen LogP contribution in [0.25, 0.3) is 16.9 Å². The van der Waals surface area contributed by atoms with Gasteiger partial charge < -0.3 is 15.2 Å². The summed E-state index contributed by atoms with van der Waals surface area (Å²) in [7, 11) is 0. The fourth-order valence-electron chi connectivity index (χ4n) is 4.77. The number of rotatable bonds is 4. The van der Waals surface area contributed by atoms with Gasteiger partial charge in [0.2, 0.25) is 5.88 Å². The van der Waals surface area contributed by atoms with Crippen molar-refractivity contribution < 1.29 is 9.84 Å². The molecule has 2 aliphatic rings. The van der Waals surface area contributed by atoms with Gasteiger partial charge in [0.15, 0.2) is 0 Å². The van der Waals surface area contributed by atoms with Crippen LogP contribution in [-0.2, 0) is 0 Å². The van der Waals surface area contributed by atoms with Gasteiger partial charge in [-0.3, -0.25) is 0 Å². The van der Waals surface area contributed by atoms with E-state index in [0.29, 0.717) is 23.2 Å². The number of phenolic OH excluding ortho intramolecular Hbond substituents is 1. The topological polar surface area (TPSA) is 85.1 Å². The van der Waals surface area contributed by atoms with Crippen LogP contribution in [-0.4, -0.2) is 42.8 Å². The monoisotopic (exact) mass is 417 g/mol. The Balaban J connectivity index is 1.31. The molecule has 0 saturated carbocycles. The van der Waals surface area contributed by atoms with E-state index in [-0.39, 0.29) is 17.4 Å². The molecule has 0 aliphatic carbocycles. The number of aromatic nitrogens is 4. The molecule has 1 fully saturated rings. The lowest BCUT2D eigenvalue weighted by atomic mass is 9.86. The standard InChI is InChI=1S/C24H27N5O2/c1-14-9-10-29(28-14)17-5-6-19(22(30)11-17)20-7-8-23(27-26-20)31-18-12-21-15(2)16(3)24(4,13-18)25-21/h5-11,18,21,25,30H,12-13H2,1-4H3. The van der Waals surface area contributed by atoms with Gasteiger partial charge >= 0.3 is 0 Å². The molecule has 3 unspecified atom stereocenters. The van der Waals surface area contributed by atoms with E-state index in [2.05, 4.69) is 41.4 Å². The highest BCUT2D eigenvalue weighted by Gasteiger charge is 2.45. The normalized spacial score (nSPS) is 25.2. The van der Waals surface area contributed by atoms with E-state index in [1.54, 1.807) is 10.7 Å². The van der Waals surface area contributed by atoms with E-state index >= 15 is 0 Å². The van der Waals surface area contributed by atoms with Gasteiger partial charge in [-0.1, -0.05) is 11.1 Å². The summed E-state index contributed by atoms with van der Waals surface area (Å²) in [6.07, 6.45) is 3.79. The Hall–Kier alpha value is -3.19. The second-order valence-corrected chi connectivity index (χ2v) is 8.88. The zero-order chi connectivity index (χ0) is 21.8. The average Bonchev–Trinajstić information content (AvgIpc) is 3.24. The van der Waals surface area contributed by atoms with Crippen LogP contribution in [0.15, 0.2) is 53.7 Å². The molecule has 0 radical (unpaired) electrons. The van der Waals surface area contributed by atoms with E-state index in [1.807, 2.05) is 43.5 Å². The number of nitrogens with one attached hydrogen (secondary N) is 1. The molecule has 4 heterocycles. The molecule has 2 bridgehead atoms. The third-order valence-corrected chi connectivity index (χ3v) is 6.74. The molecule has 31 heavy (non-hydrogen) atoms. The summed E-state index contributed by atoms with van der Waals surface area (Å²) in [5.41, 5.74) is 5.77. The van der Waals surface area contributed by atoms with Crippen molar-refractivity contribution in [3.05, 3.63) is 59.4 Å². The van der Waals surface area contributed by atoms with E-state index < -0.39 is 0 Å². The average molecular weight is 418 g/mol. The second-order valence-electron chi connectivity index (χ2n) is 8.88. The molecule has 7 heteroatoms. The molecule has 5 rings (SSSR count). The Morgan fingerprint density at radius 3 is 2.61 bits per heavy atom. The van der Waals surface area contributed by atoms with Crippen molar-refractivity contribution in [2.45, 2.75) is 58.2 Å². The van der Waals surface area contributed by atoms with Crippen LogP contribution in [0.2, 0.25) is 0 Å². The van der Waals surface area contributed by atoms with Gasteiger partial charge in [0.05, 0.1) is 17.1 Å². The molecule has 2 N–H and O–H groups in total. The smallest absolute Gasteiger partial charge is 0.233 e. The summed E-state index contributed by atoms with van der Waals surface area (Å²) in [6.45, 7) is 8.59. The zero-order valence-electron chi connectivity index (χ0n) is 18.3. The number of piperidine rings is 1. The van der Waals surface area contributed by atoms with Crippen molar-refractivity contribution in [3.63, 3.8) is 0 Å². The van der Waals surface area contributed by atoms with Crippen molar-refractivity contribution >= 4 is 0 Å². The minimum Gasteiger partial charge on any atom is -0.507 e. The summed E-state index contributed by atoms with van der Waals surface area (Å²) in [6, 6.07) is 11.3. The summed E-state index contributed by atoms with van der Waals surface area (Å²) < 4.78 is 7.91. The molecule has 0 amide bonds. The highest BCUT2D eigenvalue weighted by Crippen LogP contribution is 2.40. The van der Waals surface area contributed by atoms with Crippen molar-refractivity contribution in [1.82, 2.24) is 25.3 Å². The number of nitrogens with zero attached hydrogens (tertiary/aromatic N) is 4. The lowest BCUT2D eigenvalue weighted by Crippen LogP contribution is -2.52. The SMILES string of the molecule is CC1=C(C)C2(C)CC(Oc3ccc(-c4ccc(-n5ccc(C)n5)cc4O)nn3)CC1N2. The predicted octanol–water partition coefficient (Wildman–Crippen LogP) is 3.95. The minimum atomic E-state index is -0.00825. The molecule has 3 atom stereocenters. The van der Waals surface area contributed by atoms with E-state index in [0.717, 1.165) is 24.2 Å². The Morgan fingerprint density at radius 1 is 1.13 bits per heavy atom. The lowest BCUT2D eigenvalue weighted by molar-refractivity contribution is 0.106. The van der Waals surface area contributed by atoms with Crippen LogP contribution in [0.4, 0.5) is 0 Å². The van der Waals surface area contributed by atoms with Gasteiger partial charge in [-0.15, -0.1) is 10.2 Å². The quantitative estimate of drug-likeness (QED) is 0.625. The summed E-state index contributed by atoms with van der Waals surface area (Å²) in [5, 5.41) is 27.2. The zero-order valence-corrected chi connectivity index (χ0v) is 18.3. The summed E-state index contributed by atoms with van der Waals surface area (Å²) in [5.74, 6) is 0.644. The third kappa shape index (κ3) is 3.49. The van der Waals surface area contributed by atoms with Gasteiger partial charge in [-0.2, -0.15) is 5.10 Å². The van der Waals surface area contributed by atoms with Crippen molar-refractivity contribution in [1.29, 1.82) is 0 Å². The van der Waals surface area contributed by atoms with E-state index in [9.17, 15) is 5.11 Å². The number of phenols is 1. The van der Waals surface area contributed by atoms with Crippen LogP contribution in [0.1, 0.15) is 39.3 Å². The highest BCUT2D eigenvalue weighted by molar-refractivity contribution is 5.68. The van der Waals surface area contributed by atoms with Crippen LogP contribution >= 0.6 is 0 Å². The van der Waals surface area contributed by atoms with Crippen LogP contribution in [0, 0.1) is 6.92 Å². The largest absolute Gasteiger partial charge is 0.507 e. The van der Waals surface area contributed by atoms with Crippen molar-refractivity contribution in [3.8, 4) is 28.6 Å². The maximum Gasteiger partial charge on any atom is 0.233 e. The van der Waals surface area contributed by atoms with E-state index in [1.165, 1.54) is 11.1 Å². The molecule has 0 spiro atoms. The summed E-state index contributed by atoms with van der Waals surface area (Å²) >= 11 is 0. The third-order valence-electron chi connectivity index (χ3n) is 6.74. The highest BCUT2D eigenvalue weighted by atomic mass is 16.5. The summed E-state index contributed by atoms with van der Waals surface area (Å²) in [4.78, 5) is 0. The number of benzene rings is 1. The van der Waals surface area contributed by atoms with Gasteiger partial charge in [0, 0.05) is 48.3 Å². The fourth-order valence-corrected chi connectivity index (χ4v) is 4.77. The first kappa shape index (κ1) is 19.8. The maximum atomic E-state index is 10.5. The molecule has 160 valence electrons. The predicted molar refractivity (Wildman–Crippen MR) is 118 cm³/mol. The number of fused-ring (bicyclic) bond motifs is 2. The van der Waals surface area contributed by atoms with Crippen LogP contribution < -0.4 is 10.1 Å². The number of hydrogen-bond acceptors (Lipinski definition) is 6. The minimum absolute atomic E-state index is 0.00825. The Labute approximate surface area is 181 Å². The fraction of sp³-hybridized carbons (Fsp3) is 0.375. The number of hydrogen-bond donors (Lipinski definition) is 2. The number of ether oxygens (including phenoxy) is 1. The first-order valence-corrected chi connectivity index (χ1v) is 10.6. The van der Waals surface area contributed by atoms with Crippen molar-refractivity contribution in [2.75, 3.05) is 0 Å². The molecule has 7 nitrogen and oxygen atoms in total. The van der Waals surface area contributed by atoms with Crippen LogP contribution in [0.3, 0.4) is 0 Å². The molecular formula is C24H27N5O2. The van der Waals surface area contributed by atoms with Crippen molar-refractivity contribution in [2.24, 2.45) is 0 Å². The molecule has 1 saturated heterocycles. The lowest BCUT2D eigenvalue weighted by Gasteiger charge is -2.38. The molecule has 2 aliphatic heterocycles. The molecule has 3 aromatic rings. The van der Waals surface area contributed by atoms with Gasteiger partial charge in [0.25, 0.3) is 0 Å². The molecular weight excluding hydrogens is 390 g/mol. The Bertz CT molecular complexity index is 1170. The number of aromatic hydroxyl groups is 1. The Kier molecular flexibility index (Phi) is 4.59. The molecule has 2 aromatic heterocycles. The first-order chi connectivity index (χ1) is 14.8. The second kappa shape index (κ2) is 7.20. The maximum absolute atomic E-state index is 10.5.